The van der Waals surface area contributed by atoms with Crippen molar-refractivity contribution in [2.24, 2.45) is 0 Å². The van der Waals surface area contributed by atoms with Gasteiger partial charge in [0.2, 0.25) is 5.91 Å². The van der Waals surface area contributed by atoms with Gasteiger partial charge in [0.15, 0.2) is 0 Å². The fourth-order valence-electron chi connectivity index (χ4n) is 1.64. The summed E-state index contributed by atoms with van der Waals surface area (Å²) in [7, 11) is 0. The van der Waals surface area contributed by atoms with Crippen LogP contribution in [0.3, 0.4) is 0 Å². The smallest absolute Gasteiger partial charge is 0.241 e. The largest absolute Gasteiger partial charge is 0.325 e. The predicted molar refractivity (Wildman–Crippen MR) is 75.6 cm³/mol. The van der Waals surface area contributed by atoms with E-state index in [1.807, 2.05) is 49.4 Å². The molecule has 2 aromatic rings. The van der Waals surface area contributed by atoms with Crippen LogP contribution in [0.15, 0.2) is 54.9 Å². The molecule has 0 saturated carbocycles. The zero-order valence-corrected chi connectivity index (χ0v) is 10.8. The number of aromatic nitrogens is 1. The number of nitrogens with zero attached hydrogens (tertiary/aromatic N) is 1. The zero-order chi connectivity index (χ0) is 13.5. The molecule has 4 nitrogen and oxygen atoms in total. The molecule has 1 amide bonds. The molecule has 0 aliphatic heterocycles. The summed E-state index contributed by atoms with van der Waals surface area (Å²) >= 11 is 0. The number of hydrogen-bond donors (Lipinski definition) is 2. The van der Waals surface area contributed by atoms with Crippen molar-refractivity contribution in [1.29, 1.82) is 0 Å². The van der Waals surface area contributed by atoms with Crippen molar-refractivity contribution in [1.82, 2.24) is 10.3 Å². The second-order valence-corrected chi connectivity index (χ2v) is 4.31. The summed E-state index contributed by atoms with van der Waals surface area (Å²) in [6.45, 7) is 2.49. The van der Waals surface area contributed by atoms with Gasteiger partial charge < -0.3 is 10.6 Å². The molecule has 0 saturated heterocycles. The zero-order valence-electron chi connectivity index (χ0n) is 10.8. The molecule has 98 valence electrons. The van der Waals surface area contributed by atoms with E-state index in [0.717, 1.165) is 11.3 Å². The van der Waals surface area contributed by atoms with Gasteiger partial charge in [0.1, 0.15) is 0 Å². The summed E-state index contributed by atoms with van der Waals surface area (Å²) in [4.78, 5) is 15.9. The Labute approximate surface area is 112 Å². The number of rotatable bonds is 5. The van der Waals surface area contributed by atoms with Gasteiger partial charge in [-0.3, -0.25) is 9.78 Å². The summed E-state index contributed by atoms with van der Waals surface area (Å²) in [5.74, 6) is -0.0414. The first-order valence-electron chi connectivity index (χ1n) is 6.24. The van der Waals surface area contributed by atoms with E-state index in [1.54, 1.807) is 12.4 Å². The van der Waals surface area contributed by atoms with Crippen molar-refractivity contribution < 1.29 is 4.79 Å². The van der Waals surface area contributed by atoms with Gasteiger partial charge in [-0.05, 0) is 36.8 Å². The Bertz CT molecular complexity index is 513. The van der Waals surface area contributed by atoms with Crippen LogP contribution in [0.5, 0.6) is 0 Å². The highest BCUT2D eigenvalue weighted by molar-refractivity contribution is 5.94. The van der Waals surface area contributed by atoms with Crippen molar-refractivity contribution in [2.45, 2.75) is 19.5 Å². The summed E-state index contributed by atoms with van der Waals surface area (Å²) in [5.41, 5.74) is 1.92. The first kappa shape index (κ1) is 13.2. The van der Waals surface area contributed by atoms with Crippen LogP contribution in [0.1, 0.15) is 12.5 Å². The molecule has 19 heavy (non-hydrogen) atoms. The minimum absolute atomic E-state index is 0.0414. The molecule has 1 aromatic carbocycles. The molecule has 2 N–H and O–H groups in total. The Balaban J connectivity index is 1.83. The summed E-state index contributed by atoms with van der Waals surface area (Å²) in [6.07, 6.45) is 3.48. The maximum atomic E-state index is 11.9. The lowest BCUT2D eigenvalue weighted by atomic mass is 10.2. The average molecular weight is 255 g/mol. The van der Waals surface area contributed by atoms with Gasteiger partial charge in [-0.2, -0.15) is 0 Å². The first-order chi connectivity index (χ1) is 9.25. The molecule has 1 heterocycles. The standard InChI is InChI=1S/C15H17N3O/c1-12(17-11-13-7-9-16-10-8-13)15(19)18-14-5-3-2-4-6-14/h2-10,12,17H,11H2,1H3,(H,18,19). The first-order valence-corrected chi connectivity index (χ1v) is 6.24. The average Bonchev–Trinajstić information content (AvgIpc) is 2.47. The van der Waals surface area contributed by atoms with E-state index in [0.29, 0.717) is 6.54 Å². The third-order valence-electron chi connectivity index (χ3n) is 2.80. The van der Waals surface area contributed by atoms with Gasteiger partial charge in [-0.25, -0.2) is 0 Å². The van der Waals surface area contributed by atoms with Gasteiger partial charge in [0.25, 0.3) is 0 Å². The van der Waals surface area contributed by atoms with Gasteiger partial charge in [-0.1, -0.05) is 18.2 Å². The van der Waals surface area contributed by atoms with Crippen LogP contribution in [-0.4, -0.2) is 16.9 Å². The van der Waals surface area contributed by atoms with Crippen molar-refractivity contribution >= 4 is 11.6 Å². The number of hydrogen-bond acceptors (Lipinski definition) is 3. The van der Waals surface area contributed by atoms with Crippen molar-refractivity contribution in [3.63, 3.8) is 0 Å². The van der Waals surface area contributed by atoms with E-state index in [2.05, 4.69) is 15.6 Å². The highest BCUT2D eigenvalue weighted by atomic mass is 16.2. The number of carbonyl (C=O) groups is 1. The van der Waals surface area contributed by atoms with Crippen molar-refractivity contribution in [3.05, 3.63) is 60.4 Å². The van der Waals surface area contributed by atoms with Crippen LogP contribution in [-0.2, 0) is 11.3 Å². The monoisotopic (exact) mass is 255 g/mol. The van der Waals surface area contributed by atoms with E-state index >= 15 is 0 Å². The van der Waals surface area contributed by atoms with Crippen LogP contribution in [0.2, 0.25) is 0 Å². The summed E-state index contributed by atoms with van der Waals surface area (Å²) in [5, 5.41) is 6.04. The van der Waals surface area contributed by atoms with E-state index in [4.69, 9.17) is 0 Å². The quantitative estimate of drug-likeness (QED) is 0.861. The molecule has 0 fully saturated rings. The third-order valence-corrected chi connectivity index (χ3v) is 2.80. The second-order valence-electron chi connectivity index (χ2n) is 4.31. The predicted octanol–water partition coefficient (Wildman–Crippen LogP) is 2.20. The lowest BCUT2D eigenvalue weighted by Gasteiger charge is -2.14. The molecule has 0 radical (unpaired) electrons. The molecule has 4 heteroatoms. The Hall–Kier alpha value is -2.20. The molecule has 1 aromatic heterocycles. The molecule has 1 atom stereocenters. The molecule has 1 unspecified atom stereocenters. The van der Waals surface area contributed by atoms with Crippen LogP contribution in [0.25, 0.3) is 0 Å². The number of anilines is 1. The van der Waals surface area contributed by atoms with Crippen LogP contribution < -0.4 is 10.6 Å². The molecular weight excluding hydrogens is 238 g/mol. The van der Waals surface area contributed by atoms with E-state index in [9.17, 15) is 4.79 Å². The number of pyridine rings is 1. The SMILES string of the molecule is CC(NCc1ccncc1)C(=O)Nc1ccccc1. The van der Waals surface area contributed by atoms with Crippen LogP contribution in [0.4, 0.5) is 5.69 Å². The molecule has 0 aliphatic rings. The fraction of sp³-hybridized carbons (Fsp3) is 0.200. The maximum absolute atomic E-state index is 11.9. The van der Waals surface area contributed by atoms with Gasteiger partial charge in [0, 0.05) is 24.6 Å². The molecule has 0 spiro atoms. The summed E-state index contributed by atoms with van der Waals surface area (Å²) < 4.78 is 0. The second kappa shape index (κ2) is 6.66. The molecule has 0 bridgehead atoms. The Morgan fingerprint density at radius 1 is 1.16 bits per heavy atom. The van der Waals surface area contributed by atoms with E-state index < -0.39 is 0 Å². The highest BCUT2D eigenvalue weighted by Gasteiger charge is 2.11. The lowest BCUT2D eigenvalue weighted by molar-refractivity contribution is -0.117. The number of amides is 1. The third kappa shape index (κ3) is 4.19. The Kier molecular flexibility index (Phi) is 4.64. The number of para-hydroxylation sites is 1. The minimum atomic E-state index is -0.256. The van der Waals surface area contributed by atoms with Gasteiger partial charge in [-0.15, -0.1) is 0 Å². The number of nitrogens with one attached hydrogen (secondary N) is 2. The fourth-order valence-corrected chi connectivity index (χ4v) is 1.64. The topological polar surface area (TPSA) is 54.0 Å². The van der Waals surface area contributed by atoms with Crippen molar-refractivity contribution in [2.75, 3.05) is 5.32 Å². The normalized spacial score (nSPS) is 11.8. The van der Waals surface area contributed by atoms with Gasteiger partial charge in [0.05, 0.1) is 6.04 Å². The van der Waals surface area contributed by atoms with Crippen LogP contribution >= 0.6 is 0 Å². The highest BCUT2D eigenvalue weighted by Crippen LogP contribution is 2.05. The molecule has 0 aliphatic carbocycles. The van der Waals surface area contributed by atoms with Crippen LogP contribution in [0, 0.1) is 0 Å². The Morgan fingerprint density at radius 3 is 2.53 bits per heavy atom. The summed E-state index contributed by atoms with van der Waals surface area (Å²) in [6, 6.07) is 13.0. The lowest BCUT2D eigenvalue weighted by Crippen LogP contribution is -2.37. The van der Waals surface area contributed by atoms with Crippen molar-refractivity contribution in [3.8, 4) is 0 Å². The maximum Gasteiger partial charge on any atom is 0.241 e. The Morgan fingerprint density at radius 2 is 1.84 bits per heavy atom. The van der Waals surface area contributed by atoms with E-state index in [-0.39, 0.29) is 11.9 Å². The molecule has 2 rings (SSSR count). The van der Waals surface area contributed by atoms with E-state index in [1.165, 1.54) is 0 Å². The minimum Gasteiger partial charge on any atom is -0.325 e. The van der Waals surface area contributed by atoms with Gasteiger partial charge >= 0.3 is 0 Å². The number of benzene rings is 1. The molecular formula is C15H17N3O. The number of carbonyl (C=O) groups excluding carboxylic acids is 1.